The summed E-state index contributed by atoms with van der Waals surface area (Å²) in [6.45, 7) is 12.9. The van der Waals surface area contributed by atoms with E-state index in [4.69, 9.17) is 28.5 Å². The molecule has 2 aromatic rings. The molecule has 3 saturated heterocycles. The zero-order valence-electron chi connectivity index (χ0n) is 35.7. The predicted molar refractivity (Wildman–Crippen MR) is 217 cm³/mol. The van der Waals surface area contributed by atoms with Crippen molar-refractivity contribution in [1.82, 2.24) is 20.1 Å². The van der Waals surface area contributed by atoms with Crippen LogP contribution in [0, 0.1) is 17.8 Å². The molecule has 2 N–H and O–H groups in total. The number of nitrogens with zero attached hydrogens (tertiary/aromatic N) is 6. The number of likely N-dealkylation sites (N-methyl/N-ethyl adjacent to an activating group) is 1. The lowest BCUT2D eigenvalue weighted by Crippen LogP contribution is -2.59. The maximum atomic E-state index is 14.5. The highest BCUT2D eigenvalue weighted by Gasteiger charge is 2.51. The molecule has 0 saturated carbocycles. The Hall–Kier alpha value is -3.62. The molecule has 2 bridgehead atoms. The third kappa shape index (κ3) is 11.2. The number of amides is 1. The van der Waals surface area contributed by atoms with Crippen LogP contribution in [0.15, 0.2) is 34.0 Å². The third-order valence-corrected chi connectivity index (χ3v) is 12.3. The maximum absolute atomic E-state index is 14.5. The molecule has 0 aromatic carbocycles. The van der Waals surface area contributed by atoms with Crippen molar-refractivity contribution in [2.24, 2.45) is 27.9 Å². The Morgan fingerprint density at radius 2 is 1.88 bits per heavy atom. The lowest BCUT2D eigenvalue weighted by Gasteiger charge is -2.47. The highest BCUT2D eigenvalue weighted by atomic mass is 32.1. The van der Waals surface area contributed by atoms with Crippen LogP contribution in [0.4, 0.5) is 0 Å². The van der Waals surface area contributed by atoms with Crippen LogP contribution in [-0.2, 0) is 49.5 Å². The van der Waals surface area contributed by atoms with Crippen molar-refractivity contribution in [2.45, 2.75) is 142 Å². The van der Waals surface area contributed by atoms with E-state index in [1.807, 2.05) is 45.0 Å². The molecule has 59 heavy (non-hydrogen) atoms. The second-order valence-electron chi connectivity index (χ2n) is 16.7. The molecule has 0 spiro atoms. The number of carbonyl (C=O) groups excluding carboxylic acids is 3. The number of carbonyl (C=O) groups is 3. The number of hydrogen-bond donors (Lipinski definition) is 2. The number of oxime groups is 1. The molecular weight excluding hydrogens is 785 g/mol. The second kappa shape index (κ2) is 19.8. The Labute approximate surface area is 349 Å². The number of fused-ring (bicyclic) bond motifs is 5. The standard InChI is InChI=1S/C41H60N6O11S/c1-11-32-41(8,52)33-15-30(44-26(6)48)22(2)16-40(7,54-20-28(19-53-33)46-55-18-27-12-13-29(42-17-27)37-45-43-21-59-37)36(24(4)34(49)25(5)38(51)57-32)58-39-35(50)31(47(9)10)14-23(3)56-39/h12-13,17,21-25,31-33,35-36,39,50,52H,11,14-16,18-20H2,1-10H3/b44-30?,46-28-/t22-,23-,24+,25-,31+,32-,33-,35-,36-,39+,40-,41-/m1/s1. The number of hydrogen-bond acceptors (Lipinski definition) is 17. The van der Waals surface area contributed by atoms with Crippen molar-refractivity contribution in [2.75, 3.05) is 27.3 Å². The molecular formula is C41H60N6O11S. The molecule has 5 rings (SSSR count). The number of Topliss-reactive ketones (excluding diaryl/α,β-unsaturated/α-hetero) is 1. The number of esters is 1. The summed E-state index contributed by atoms with van der Waals surface area (Å²) in [6, 6.07) is 3.33. The fraction of sp³-hybridized carbons (Fsp3) is 0.707. The van der Waals surface area contributed by atoms with Gasteiger partial charge in [-0.25, -0.2) is 4.99 Å². The van der Waals surface area contributed by atoms with Crippen LogP contribution in [0.1, 0.15) is 86.6 Å². The van der Waals surface area contributed by atoms with Crippen LogP contribution in [0.3, 0.4) is 0 Å². The molecule has 0 unspecified atom stereocenters. The van der Waals surface area contributed by atoms with Crippen molar-refractivity contribution in [1.29, 1.82) is 0 Å². The number of ether oxygens (including phenoxy) is 5. The first-order valence-corrected chi connectivity index (χ1v) is 21.1. The molecule has 12 atom stereocenters. The molecule has 0 radical (unpaired) electrons. The molecule has 2 aromatic heterocycles. The van der Waals surface area contributed by atoms with Gasteiger partial charge in [-0.1, -0.05) is 43.3 Å². The number of ketones is 1. The van der Waals surface area contributed by atoms with E-state index in [9.17, 15) is 24.6 Å². The second-order valence-corrected chi connectivity index (χ2v) is 17.5. The van der Waals surface area contributed by atoms with Gasteiger partial charge in [0.2, 0.25) is 5.91 Å². The fourth-order valence-corrected chi connectivity index (χ4v) is 8.67. The monoisotopic (exact) mass is 844 g/mol. The first-order chi connectivity index (χ1) is 27.8. The first-order valence-electron chi connectivity index (χ1n) is 20.2. The molecule has 3 aliphatic rings. The quantitative estimate of drug-likeness (QED) is 0.220. The van der Waals surface area contributed by atoms with E-state index in [2.05, 4.69) is 25.3 Å². The number of pyridine rings is 1. The van der Waals surface area contributed by atoms with Gasteiger partial charge in [-0.15, -0.1) is 10.2 Å². The average Bonchev–Trinajstić information content (AvgIpc) is 3.73. The summed E-state index contributed by atoms with van der Waals surface area (Å²) in [5.74, 6) is -4.58. The topological polar surface area (TPSA) is 214 Å². The highest BCUT2D eigenvalue weighted by molar-refractivity contribution is 7.12. The summed E-state index contributed by atoms with van der Waals surface area (Å²) in [4.78, 5) is 57.6. The lowest BCUT2D eigenvalue weighted by atomic mass is 9.76. The van der Waals surface area contributed by atoms with E-state index in [0.717, 1.165) is 5.56 Å². The predicted octanol–water partition coefficient (Wildman–Crippen LogP) is 3.79. The van der Waals surface area contributed by atoms with Crippen molar-refractivity contribution in [3.05, 3.63) is 29.4 Å². The Balaban J connectivity index is 1.60. The average molecular weight is 845 g/mol. The Morgan fingerprint density at radius 1 is 1.14 bits per heavy atom. The van der Waals surface area contributed by atoms with Gasteiger partial charge in [-0.05, 0) is 73.0 Å². The van der Waals surface area contributed by atoms with Crippen LogP contribution < -0.4 is 0 Å². The molecule has 18 heteroatoms. The van der Waals surface area contributed by atoms with Gasteiger partial charge in [0.15, 0.2) is 17.1 Å². The van der Waals surface area contributed by atoms with Gasteiger partial charge in [0, 0.05) is 42.8 Å². The van der Waals surface area contributed by atoms with Gasteiger partial charge < -0.3 is 43.6 Å². The number of cyclic esters (lactones) is 1. The van der Waals surface area contributed by atoms with Crippen molar-refractivity contribution < 1.29 is 53.1 Å². The number of aliphatic hydroxyl groups excluding tert-OH is 1. The largest absolute Gasteiger partial charge is 0.459 e. The normalized spacial score (nSPS) is 36.8. The number of aromatic nitrogens is 3. The van der Waals surface area contributed by atoms with E-state index >= 15 is 0 Å². The van der Waals surface area contributed by atoms with E-state index < -0.39 is 77.3 Å². The zero-order valence-corrected chi connectivity index (χ0v) is 36.5. The lowest BCUT2D eigenvalue weighted by molar-refractivity contribution is -0.296. The summed E-state index contributed by atoms with van der Waals surface area (Å²) in [6.07, 6.45) is -3.44. The molecule has 326 valence electrons. The minimum atomic E-state index is -1.83. The van der Waals surface area contributed by atoms with Gasteiger partial charge in [-0.2, -0.15) is 0 Å². The molecule has 17 nitrogen and oxygen atoms in total. The minimum absolute atomic E-state index is 0.0271. The molecule has 1 amide bonds. The van der Waals surface area contributed by atoms with Crippen molar-refractivity contribution >= 4 is 40.4 Å². The summed E-state index contributed by atoms with van der Waals surface area (Å²) >= 11 is 1.37. The van der Waals surface area contributed by atoms with Crippen molar-refractivity contribution in [3.8, 4) is 10.7 Å². The summed E-state index contributed by atoms with van der Waals surface area (Å²) < 4.78 is 32.2. The van der Waals surface area contributed by atoms with Gasteiger partial charge in [0.1, 0.15) is 47.2 Å². The van der Waals surface area contributed by atoms with Gasteiger partial charge in [0.25, 0.3) is 0 Å². The van der Waals surface area contributed by atoms with Gasteiger partial charge in [0.05, 0.1) is 37.1 Å². The van der Waals surface area contributed by atoms with E-state index in [1.165, 1.54) is 32.1 Å². The van der Waals surface area contributed by atoms with E-state index in [-0.39, 0.29) is 56.9 Å². The number of aliphatic hydroxyl groups is 2. The summed E-state index contributed by atoms with van der Waals surface area (Å²) in [5, 5.41) is 36.9. The van der Waals surface area contributed by atoms with Crippen molar-refractivity contribution in [3.63, 3.8) is 0 Å². The minimum Gasteiger partial charge on any atom is -0.459 e. The van der Waals surface area contributed by atoms with Crippen LogP contribution in [-0.4, -0.2) is 141 Å². The summed E-state index contributed by atoms with van der Waals surface area (Å²) in [7, 11) is 3.72. The third-order valence-electron chi connectivity index (χ3n) is 11.6. The number of aliphatic imine (C=N–C) groups is 1. The SMILES string of the molecule is CC[C@H]1OC(=O)[C@H](C)C(=O)[C@H](C)[C@@H](O[C@@H]2O[C@H](C)C[C@H](N(C)C)[C@H]2O)[C@@]2(C)C[C@@H](C)C(=NC(C)=O)C[C@@H](OC/C(=N/OCc3ccc(-c4nncs4)nc3)CO2)[C@]1(C)O. The Morgan fingerprint density at radius 3 is 2.51 bits per heavy atom. The zero-order chi connectivity index (χ0) is 43.2. The van der Waals surface area contributed by atoms with Crippen LogP contribution in [0.5, 0.6) is 0 Å². The maximum Gasteiger partial charge on any atom is 0.316 e. The summed E-state index contributed by atoms with van der Waals surface area (Å²) in [5.41, 5.74) is 0.494. The molecule has 3 fully saturated rings. The van der Waals surface area contributed by atoms with Crippen LogP contribution in [0.25, 0.3) is 10.7 Å². The van der Waals surface area contributed by atoms with Crippen LogP contribution in [0.2, 0.25) is 0 Å². The van der Waals surface area contributed by atoms with E-state index in [1.54, 1.807) is 32.5 Å². The number of rotatable bonds is 8. The van der Waals surface area contributed by atoms with Crippen LogP contribution >= 0.6 is 11.3 Å². The van der Waals surface area contributed by atoms with Gasteiger partial charge in [-0.3, -0.25) is 19.4 Å². The van der Waals surface area contributed by atoms with E-state index in [0.29, 0.717) is 22.8 Å². The smallest absolute Gasteiger partial charge is 0.316 e. The highest BCUT2D eigenvalue weighted by Crippen LogP contribution is 2.39. The first kappa shape index (κ1) is 46.4. The molecule has 3 aliphatic heterocycles. The Kier molecular flexibility index (Phi) is 15.6. The van der Waals surface area contributed by atoms with Gasteiger partial charge >= 0.3 is 5.97 Å². The fourth-order valence-electron chi connectivity index (χ4n) is 8.14. The molecule has 0 aliphatic carbocycles. The molecule has 5 heterocycles. The Bertz CT molecular complexity index is 1810.